The lowest BCUT2D eigenvalue weighted by atomic mass is 10.1. The van der Waals surface area contributed by atoms with Gasteiger partial charge in [0.05, 0.1) is 11.1 Å². The minimum Gasteiger partial charge on any atom is -0.350 e. The number of halogens is 7. The van der Waals surface area contributed by atoms with Gasteiger partial charge in [-0.05, 0) is 30.2 Å². The Kier molecular flexibility index (Phi) is 9.29. The van der Waals surface area contributed by atoms with E-state index in [0.717, 1.165) is 17.2 Å². The number of alkyl halides is 6. The quantitative estimate of drug-likeness (QED) is 0.462. The lowest BCUT2D eigenvalue weighted by Crippen LogP contribution is -2.33. The van der Waals surface area contributed by atoms with Crippen LogP contribution in [0.2, 0.25) is 0 Å². The van der Waals surface area contributed by atoms with Crippen LogP contribution in [0.15, 0.2) is 53.5 Å². The maximum Gasteiger partial charge on any atom is 0.416 e. The number of benzene rings is 2. The van der Waals surface area contributed by atoms with E-state index in [0.29, 0.717) is 24.4 Å². The summed E-state index contributed by atoms with van der Waals surface area (Å²) in [4.78, 5) is 18.7. The van der Waals surface area contributed by atoms with Gasteiger partial charge < -0.3 is 10.2 Å². The standard InChI is InChI=1S/C22H21F6N3OS.ClH/c1-31-18(13-33-20(31)29-8-7-14-5-3-2-4-6-14)12-19(32)30-17-10-15(21(23,24)25)9-16(11-17)22(26,27)28;/h2-6,9-11,18H,7-8,12-13H2,1H3,(H,30,32);1H. The van der Waals surface area contributed by atoms with Gasteiger partial charge >= 0.3 is 12.4 Å². The van der Waals surface area contributed by atoms with E-state index in [-0.39, 0.29) is 30.9 Å². The van der Waals surface area contributed by atoms with Gasteiger partial charge in [-0.15, -0.1) is 12.4 Å². The number of rotatable bonds is 6. The Morgan fingerprint density at radius 3 is 2.21 bits per heavy atom. The molecule has 1 heterocycles. The number of carbonyl (C=O) groups excluding carboxylic acids is 1. The van der Waals surface area contributed by atoms with E-state index in [1.165, 1.54) is 11.8 Å². The molecule has 0 saturated carbocycles. The van der Waals surface area contributed by atoms with Gasteiger partial charge in [-0.3, -0.25) is 9.79 Å². The Labute approximate surface area is 203 Å². The van der Waals surface area contributed by atoms with Crippen LogP contribution in [0.1, 0.15) is 23.1 Å². The van der Waals surface area contributed by atoms with Gasteiger partial charge in [0, 0.05) is 37.5 Å². The number of amidine groups is 1. The van der Waals surface area contributed by atoms with Crippen molar-refractivity contribution in [1.29, 1.82) is 0 Å². The van der Waals surface area contributed by atoms with Crippen molar-refractivity contribution in [3.05, 3.63) is 65.2 Å². The van der Waals surface area contributed by atoms with Crippen LogP contribution in [0.5, 0.6) is 0 Å². The molecule has 1 N–H and O–H groups in total. The highest BCUT2D eigenvalue weighted by Gasteiger charge is 2.37. The average Bonchev–Trinajstić information content (AvgIpc) is 3.06. The van der Waals surface area contributed by atoms with Crippen molar-refractivity contribution in [2.45, 2.75) is 31.2 Å². The fourth-order valence-electron chi connectivity index (χ4n) is 3.27. The molecule has 0 aliphatic carbocycles. The molecule has 2 aromatic carbocycles. The van der Waals surface area contributed by atoms with E-state index in [1.54, 1.807) is 7.05 Å². The van der Waals surface area contributed by atoms with Gasteiger partial charge in [-0.2, -0.15) is 26.3 Å². The Hall–Kier alpha value is -2.40. The fourth-order valence-corrected chi connectivity index (χ4v) is 4.49. The topological polar surface area (TPSA) is 44.7 Å². The highest BCUT2D eigenvalue weighted by Crippen LogP contribution is 2.37. The normalized spacial score (nSPS) is 17.6. The van der Waals surface area contributed by atoms with Crippen LogP contribution >= 0.6 is 24.2 Å². The van der Waals surface area contributed by atoms with Gasteiger partial charge in [0.1, 0.15) is 0 Å². The van der Waals surface area contributed by atoms with E-state index in [2.05, 4.69) is 10.3 Å². The van der Waals surface area contributed by atoms with Crippen molar-refractivity contribution in [3.63, 3.8) is 0 Å². The summed E-state index contributed by atoms with van der Waals surface area (Å²) in [6.07, 6.45) is -9.30. The number of nitrogens with zero attached hydrogens (tertiary/aromatic N) is 2. The molecule has 186 valence electrons. The van der Waals surface area contributed by atoms with Crippen molar-refractivity contribution < 1.29 is 31.1 Å². The summed E-state index contributed by atoms with van der Waals surface area (Å²) in [6.45, 7) is 0.556. The molecule has 2 aromatic rings. The molecule has 12 heteroatoms. The molecule has 1 fully saturated rings. The predicted octanol–water partition coefficient (Wildman–Crippen LogP) is 6.12. The van der Waals surface area contributed by atoms with Gasteiger partial charge in [0.15, 0.2) is 5.17 Å². The molecule has 1 unspecified atom stereocenters. The van der Waals surface area contributed by atoms with Crippen molar-refractivity contribution >= 4 is 40.9 Å². The van der Waals surface area contributed by atoms with E-state index in [4.69, 9.17) is 0 Å². The second-order valence-corrected chi connectivity index (χ2v) is 8.51. The molecule has 0 radical (unpaired) electrons. The third-order valence-corrected chi connectivity index (χ3v) is 6.26. The Balaban J connectivity index is 0.00000408. The largest absolute Gasteiger partial charge is 0.416 e. The fraction of sp³-hybridized carbons (Fsp3) is 0.364. The molecule has 1 aliphatic heterocycles. The number of hydrogen-bond acceptors (Lipinski definition) is 3. The SMILES string of the molecule is CN1C(=NCCc2ccccc2)SCC1CC(=O)Nc1cc(C(F)(F)F)cc(C(F)(F)F)c1.Cl. The minimum atomic E-state index is -4.98. The second kappa shape index (κ2) is 11.4. The molecule has 4 nitrogen and oxygen atoms in total. The maximum absolute atomic E-state index is 13.0. The lowest BCUT2D eigenvalue weighted by Gasteiger charge is -2.21. The first kappa shape index (κ1) is 27.8. The molecule has 1 aliphatic rings. The monoisotopic (exact) mass is 525 g/mol. The van der Waals surface area contributed by atoms with Crippen LogP contribution in [0.25, 0.3) is 0 Å². The molecular weight excluding hydrogens is 504 g/mol. The Morgan fingerprint density at radius 1 is 1.06 bits per heavy atom. The van der Waals surface area contributed by atoms with Crippen LogP contribution in [0.4, 0.5) is 32.0 Å². The van der Waals surface area contributed by atoms with Gasteiger partial charge in [-0.25, -0.2) is 0 Å². The lowest BCUT2D eigenvalue weighted by molar-refractivity contribution is -0.143. The third kappa shape index (κ3) is 7.56. The molecule has 1 saturated heterocycles. The number of anilines is 1. The highest BCUT2D eigenvalue weighted by atomic mass is 35.5. The molecule has 0 spiro atoms. The first-order valence-corrected chi connectivity index (χ1v) is 11.0. The summed E-state index contributed by atoms with van der Waals surface area (Å²) in [7, 11) is 1.76. The van der Waals surface area contributed by atoms with Crippen molar-refractivity contribution in [3.8, 4) is 0 Å². The summed E-state index contributed by atoms with van der Waals surface area (Å²) in [5, 5.41) is 2.92. The van der Waals surface area contributed by atoms with Gasteiger partial charge in [0.2, 0.25) is 5.91 Å². The van der Waals surface area contributed by atoms with Gasteiger partial charge in [-0.1, -0.05) is 42.1 Å². The smallest absolute Gasteiger partial charge is 0.350 e. The number of thioether (sulfide) groups is 1. The summed E-state index contributed by atoms with van der Waals surface area (Å²) in [5.74, 6) is -0.143. The minimum absolute atomic E-state index is 0. The Morgan fingerprint density at radius 2 is 1.65 bits per heavy atom. The molecule has 0 aromatic heterocycles. The van der Waals surface area contributed by atoms with Crippen molar-refractivity contribution in [2.24, 2.45) is 4.99 Å². The number of carbonyl (C=O) groups is 1. The van der Waals surface area contributed by atoms with Crippen LogP contribution in [0.3, 0.4) is 0 Å². The maximum atomic E-state index is 13.0. The summed E-state index contributed by atoms with van der Waals surface area (Å²) >= 11 is 1.45. The van der Waals surface area contributed by atoms with Gasteiger partial charge in [0.25, 0.3) is 0 Å². The first-order chi connectivity index (χ1) is 15.4. The van der Waals surface area contributed by atoms with E-state index >= 15 is 0 Å². The Bertz CT molecular complexity index is 982. The van der Waals surface area contributed by atoms with E-state index < -0.39 is 35.1 Å². The number of amides is 1. The van der Waals surface area contributed by atoms with Crippen molar-refractivity contribution in [1.82, 2.24) is 4.90 Å². The molecule has 0 bridgehead atoms. The zero-order valence-electron chi connectivity index (χ0n) is 17.9. The summed E-state index contributed by atoms with van der Waals surface area (Å²) in [5.41, 5.74) is -2.36. The number of hydrogen-bond donors (Lipinski definition) is 1. The van der Waals surface area contributed by atoms with Crippen molar-refractivity contribution in [2.75, 3.05) is 24.7 Å². The van der Waals surface area contributed by atoms with Crippen LogP contribution < -0.4 is 5.32 Å². The van der Waals surface area contributed by atoms with E-state index in [9.17, 15) is 31.1 Å². The summed E-state index contributed by atoms with van der Waals surface area (Å²) in [6, 6.07) is 10.5. The molecule has 34 heavy (non-hydrogen) atoms. The van der Waals surface area contributed by atoms with Crippen LogP contribution in [-0.4, -0.2) is 41.4 Å². The molecule has 1 amide bonds. The zero-order chi connectivity index (χ0) is 24.2. The van der Waals surface area contributed by atoms with Crippen LogP contribution in [-0.2, 0) is 23.6 Å². The third-order valence-electron chi connectivity index (χ3n) is 5.04. The zero-order valence-corrected chi connectivity index (χ0v) is 19.5. The number of aliphatic imine (C=N–C) groups is 1. The molecule has 3 rings (SSSR count). The summed E-state index contributed by atoms with van der Waals surface area (Å²) < 4.78 is 78.0. The molecular formula is C22H22ClF6N3OS. The first-order valence-electron chi connectivity index (χ1n) is 9.97. The molecule has 1 atom stereocenters. The van der Waals surface area contributed by atoms with Crippen LogP contribution in [0, 0.1) is 0 Å². The average molecular weight is 526 g/mol. The second-order valence-electron chi connectivity index (χ2n) is 7.52. The van der Waals surface area contributed by atoms with E-state index in [1.807, 2.05) is 35.2 Å². The predicted molar refractivity (Wildman–Crippen MR) is 123 cm³/mol. The highest BCUT2D eigenvalue weighted by molar-refractivity contribution is 8.14. The number of nitrogens with one attached hydrogen (secondary N) is 1.